The van der Waals surface area contributed by atoms with E-state index in [4.69, 9.17) is 0 Å². The summed E-state index contributed by atoms with van der Waals surface area (Å²) >= 11 is 0.494. The van der Waals surface area contributed by atoms with Crippen LogP contribution in [0, 0.1) is 0 Å². The normalized spacial score (nSPS) is 15.4. The zero-order valence-electron chi connectivity index (χ0n) is 16.1. The van der Waals surface area contributed by atoms with Crippen molar-refractivity contribution in [1.29, 1.82) is 0 Å². The number of piperazine rings is 1. The summed E-state index contributed by atoms with van der Waals surface area (Å²) in [5, 5.41) is 0.350. The van der Waals surface area contributed by atoms with Crippen LogP contribution in [0.15, 0.2) is 53.7 Å². The third kappa shape index (κ3) is 4.43. The molecule has 0 radical (unpaired) electrons. The first-order valence-electron chi connectivity index (χ1n) is 9.49. The maximum atomic E-state index is 13.0. The fourth-order valence-electron chi connectivity index (χ4n) is 3.61. The number of thioether (sulfide) groups is 1. The predicted molar refractivity (Wildman–Crippen MR) is 112 cm³/mol. The number of carbonyl (C=O) groups is 1. The number of para-hydroxylation sites is 2. The van der Waals surface area contributed by atoms with Gasteiger partial charge in [-0.05, 0) is 55.1 Å². The molecule has 0 N–H and O–H groups in total. The van der Waals surface area contributed by atoms with Crippen molar-refractivity contribution in [3.05, 3.63) is 54.1 Å². The van der Waals surface area contributed by atoms with E-state index in [1.54, 1.807) is 6.92 Å². The Morgan fingerprint density at radius 2 is 1.76 bits per heavy atom. The molecule has 0 bridgehead atoms. The van der Waals surface area contributed by atoms with Crippen molar-refractivity contribution < 1.29 is 13.6 Å². The first-order chi connectivity index (χ1) is 14.0. The Bertz CT molecular complexity index is 998. The monoisotopic (exact) mass is 416 g/mol. The molecule has 0 unspecified atom stereocenters. The maximum Gasteiger partial charge on any atom is 0.291 e. The molecule has 1 aliphatic rings. The van der Waals surface area contributed by atoms with Crippen LogP contribution in [0.5, 0.6) is 0 Å². The average molecular weight is 416 g/mol. The third-order valence-corrected chi connectivity index (χ3v) is 5.87. The van der Waals surface area contributed by atoms with Gasteiger partial charge in [0.05, 0.1) is 17.7 Å². The number of rotatable bonds is 6. The summed E-state index contributed by atoms with van der Waals surface area (Å²) in [5.74, 6) is -2.44. The topological polar surface area (TPSA) is 41.4 Å². The maximum absolute atomic E-state index is 13.0. The number of hydrogen-bond acceptors (Lipinski definition) is 5. The Hall–Kier alpha value is -2.45. The van der Waals surface area contributed by atoms with Gasteiger partial charge in [-0.15, -0.1) is 0 Å². The van der Waals surface area contributed by atoms with Crippen LogP contribution in [-0.4, -0.2) is 52.2 Å². The summed E-state index contributed by atoms with van der Waals surface area (Å²) in [6.07, 6.45) is 0. The molecular weight excluding hydrogens is 394 g/mol. The van der Waals surface area contributed by atoms with Crippen molar-refractivity contribution in [3.63, 3.8) is 0 Å². The second kappa shape index (κ2) is 8.51. The van der Waals surface area contributed by atoms with Crippen molar-refractivity contribution in [2.45, 2.75) is 24.5 Å². The van der Waals surface area contributed by atoms with E-state index >= 15 is 0 Å². The molecule has 0 spiro atoms. The largest absolute Gasteiger partial charge is 0.369 e. The molecule has 1 aliphatic heterocycles. The number of aromatic nitrogens is 2. The van der Waals surface area contributed by atoms with Crippen LogP contribution in [0.4, 0.5) is 14.5 Å². The molecule has 1 saturated heterocycles. The fraction of sp³-hybridized carbons (Fsp3) is 0.333. The molecule has 1 fully saturated rings. The molecule has 0 aliphatic carbocycles. The number of anilines is 1. The molecule has 0 atom stereocenters. The van der Waals surface area contributed by atoms with E-state index < -0.39 is 5.76 Å². The first-order valence-corrected chi connectivity index (χ1v) is 10.4. The second-order valence-corrected chi connectivity index (χ2v) is 8.00. The van der Waals surface area contributed by atoms with Gasteiger partial charge in [-0.3, -0.25) is 9.69 Å². The number of ketones is 1. The summed E-state index contributed by atoms with van der Waals surface area (Å²) in [7, 11) is 0. The molecule has 2 heterocycles. The van der Waals surface area contributed by atoms with E-state index in [1.807, 2.05) is 53.1 Å². The number of fused-ring (bicyclic) bond motifs is 1. The van der Waals surface area contributed by atoms with Gasteiger partial charge in [-0.1, -0.05) is 12.1 Å². The van der Waals surface area contributed by atoms with Crippen LogP contribution >= 0.6 is 11.8 Å². The van der Waals surface area contributed by atoms with Crippen molar-refractivity contribution in [1.82, 2.24) is 14.5 Å². The number of benzene rings is 2. The highest BCUT2D eigenvalue weighted by atomic mass is 32.2. The Labute approximate surface area is 172 Å². The fourth-order valence-corrected chi connectivity index (χ4v) is 4.21. The van der Waals surface area contributed by atoms with Crippen molar-refractivity contribution >= 4 is 34.3 Å². The molecule has 0 amide bonds. The molecule has 1 aromatic heterocycles. The van der Waals surface area contributed by atoms with Gasteiger partial charge in [0.2, 0.25) is 0 Å². The molecule has 0 saturated carbocycles. The Morgan fingerprint density at radius 3 is 2.41 bits per heavy atom. The quantitative estimate of drug-likeness (QED) is 0.442. The van der Waals surface area contributed by atoms with Gasteiger partial charge in [-0.25, -0.2) is 4.98 Å². The van der Waals surface area contributed by atoms with E-state index in [9.17, 15) is 13.6 Å². The van der Waals surface area contributed by atoms with Crippen LogP contribution in [0.2, 0.25) is 0 Å². The van der Waals surface area contributed by atoms with Crippen LogP contribution in [0.25, 0.3) is 11.0 Å². The SMILES string of the molecule is CC(=O)c1ccc(N2CCN(Cn3c(SC(F)F)nc4ccccc43)CC2)cc1. The minimum absolute atomic E-state index is 0.0615. The molecular formula is C21H22F2N4OS. The number of halogens is 2. The van der Waals surface area contributed by atoms with Gasteiger partial charge in [0.15, 0.2) is 10.9 Å². The minimum Gasteiger partial charge on any atom is -0.369 e. The van der Waals surface area contributed by atoms with Gasteiger partial charge >= 0.3 is 0 Å². The van der Waals surface area contributed by atoms with E-state index in [1.165, 1.54) is 0 Å². The lowest BCUT2D eigenvalue weighted by molar-refractivity contribution is 0.101. The number of imidazole rings is 1. The number of nitrogens with zero attached hydrogens (tertiary/aromatic N) is 4. The molecule has 2 aromatic carbocycles. The van der Waals surface area contributed by atoms with Gasteiger partial charge in [0.1, 0.15) is 0 Å². The highest BCUT2D eigenvalue weighted by Crippen LogP contribution is 2.29. The van der Waals surface area contributed by atoms with Crippen LogP contribution in [0.1, 0.15) is 17.3 Å². The van der Waals surface area contributed by atoms with Crippen molar-refractivity contribution in [2.75, 3.05) is 31.1 Å². The Morgan fingerprint density at radius 1 is 1.07 bits per heavy atom. The molecule has 29 heavy (non-hydrogen) atoms. The Balaban J connectivity index is 1.45. The lowest BCUT2D eigenvalue weighted by Crippen LogP contribution is -2.46. The summed E-state index contributed by atoms with van der Waals surface area (Å²) in [6.45, 7) is 5.41. The first kappa shape index (κ1) is 19.8. The minimum atomic E-state index is -2.50. The molecule has 5 nitrogen and oxygen atoms in total. The van der Waals surface area contributed by atoms with E-state index in [0.717, 1.165) is 42.9 Å². The van der Waals surface area contributed by atoms with Gasteiger partial charge in [0.25, 0.3) is 5.76 Å². The van der Waals surface area contributed by atoms with E-state index in [2.05, 4.69) is 14.8 Å². The lowest BCUT2D eigenvalue weighted by atomic mass is 10.1. The van der Waals surface area contributed by atoms with E-state index in [-0.39, 0.29) is 5.78 Å². The lowest BCUT2D eigenvalue weighted by Gasteiger charge is -2.36. The van der Waals surface area contributed by atoms with Gasteiger partial charge < -0.3 is 9.47 Å². The summed E-state index contributed by atoms with van der Waals surface area (Å²) in [6, 6.07) is 15.2. The van der Waals surface area contributed by atoms with Crippen LogP contribution < -0.4 is 4.90 Å². The third-order valence-electron chi connectivity index (χ3n) is 5.17. The van der Waals surface area contributed by atoms with Crippen molar-refractivity contribution in [3.8, 4) is 0 Å². The van der Waals surface area contributed by atoms with Gasteiger partial charge in [-0.2, -0.15) is 8.78 Å². The zero-order chi connectivity index (χ0) is 20.4. The predicted octanol–water partition coefficient (Wildman–Crippen LogP) is 4.33. The molecule has 3 aromatic rings. The van der Waals surface area contributed by atoms with Crippen LogP contribution in [-0.2, 0) is 6.67 Å². The number of carbonyl (C=O) groups excluding carboxylic acids is 1. The highest BCUT2D eigenvalue weighted by molar-refractivity contribution is 7.99. The highest BCUT2D eigenvalue weighted by Gasteiger charge is 2.21. The molecule has 4 rings (SSSR count). The summed E-state index contributed by atoms with van der Waals surface area (Å²) in [4.78, 5) is 20.4. The zero-order valence-corrected chi connectivity index (χ0v) is 16.9. The molecule has 152 valence electrons. The molecule has 8 heteroatoms. The average Bonchev–Trinajstić information content (AvgIpc) is 3.05. The summed E-state index contributed by atoms with van der Waals surface area (Å²) in [5.41, 5.74) is 3.41. The number of hydrogen-bond donors (Lipinski definition) is 0. The standard InChI is InChI=1S/C21H22F2N4OS/c1-15(28)16-6-8-17(9-7-16)26-12-10-25(11-13-26)14-27-19-5-3-2-4-18(19)24-21(27)29-20(22)23/h2-9,20H,10-14H2,1H3. The Kier molecular flexibility index (Phi) is 5.82. The number of Topliss-reactive ketones (excluding diaryl/α,β-unsaturated/α-hetero) is 1. The smallest absolute Gasteiger partial charge is 0.291 e. The van der Waals surface area contributed by atoms with Crippen molar-refractivity contribution in [2.24, 2.45) is 0 Å². The van der Waals surface area contributed by atoms with Gasteiger partial charge in [0, 0.05) is 37.4 Å². The summed E-state index contributed by atoms with van der Waals surface area (Å²) < 4.78 is 27.9. The van der Waals surface area contributed by atoms with Crippen LogP contribution in [0.3, 0.4) is 0 Å². The number of alkyl halides is 2. The second-order valence-electron chi connectivity index (χ2n) is 7.04. The van der Waals surface area contributed by atoms with E-state index in [0.29, 0.717) is 29.2 Å².